The zero-order chi connectivity index (χ0) is 15.0. The smallest absolute Gasteiger partial charge is 0.331 e. The number of ether oxygens (including phenoxy) is 1. The van der Waals surface area contributed by atoms with Crippen molar-refractivity contribution < 1.29 is 9.53 Å². The average Bonchev–Trinajstić information content (AvgIpc) is 2.61. The van der Waals surface area contributed by atoms with E-state index >= 15 is 0 Å². The van der Waals surface area contributed by atoms with Crippen LogP contribution < -0.4 is 5.32 Å². The third kappa shape index (κ3) is 2.71. The van der Waals surface area contributed by atoms with Crippen LogP contribution in [0.25, 0.3) is 0 Å². The maximum atomic E-state index is 12.4. The first-order valence-electron chi connectivity index (χ1n) is 6.92. The third-order valence-electron chi connectivity index (χ3n) is 4.24. The van der Waals surface area contributed by atoms with Gasteiger partial charge in [-0.25, -0.2) is 4.79 Å². The fraction of sp³-hybridized carbons (Fsp3) is 0.562. The van der Waals surface area contributed by atoms with E-state index in [1.165, 1.54) is 7.11 Å². The molecule has 1 N–H and O–H groups in total. The molecule has 0 aromatic heterocycles. The number of halogens is 1. The van der Waals surface area contributed by atoms with Crippen molar-refractivity contribution in [2.75, 3.05) is 12.4 Å². The van der Waals surface area contributed by atoms with E-state index < -0.39 is 5.54 Å². The molecule has 0 bridgehead atoms. The number of hydrogen-bond donors (Lipinski definition) is 1. The number of nitrogens with one attached hydrogen (secondary N) is 1. The van der Waals surface area contributed by atoms with E-state index in [0.717, 1.165) is 23.0 Å². The quantitative estimate of drug-likeness (QED) is 0.837. The summed E-state index contributed by atoms with van der Waals surface area (Å²) in [5.41, 5.74) is 0.409. The van der Waals surface area contributed by atoms with Gasteiger partial charge in [0.2, 0.25) is 0 Å². The maximum absolute atomic E-state index is 12.4. The van der Waals surface area contributed by atoms with Crippen molar-refractivity contribution in [1.82, 2.24) is 0 Å². The van der Waals surface area contributed by atoms with Crippen LogP contribution in [-0.4, -0.2) is 18.6 Å². The van der Waals surface area contributed by atoms with Gasteiger partial charge in [-0.2, -0.15) is 0 Å². The fourth-order valence-corrected chi connectivity index (χ4v) is 3.87. The summed E-state index contributed by atoms with van der Waals surface area (Å²) in [5, 5.41) is 3.46. The largest absolute Gasteiger partial charge is 0.467 e. The van der Waals surface area contributed by atoms with Gasteiger partial charge in [0, 0.05) is 10.2 Å². The Morgan fingerprint density at radius 1 is 1.40 bits per heavy atom. The molecule has 0 amide bonds. The molecule has 1 aromatic rings. The Kier molecular flexibility index (Phi) is 4.14. The Morgan fingerprint density at radius 2 is 2.05 bits per heavy atom. The molecule has 1 fully saturated rings. The highest BCUT2D eigenvalue weighted by atomic mass is 79.9. The number of rotatable bonds is 3. The maximum Gasteiger partial charge on any atom is 0.331 e. The fourth-order valence-electron chi connectivity index (χ4n) is 3.48. The Bertz CT molecular complexity index is 515. The Morgan fingerprint density at radius 3 is 2.55 bits per heavy atom. The minimum Gasteiger partial charge on any atom is -0.467 e. The van der Waals surface area contributed by atoms with Gasteiger partial charge in [-0.1, -0.05) is 32.9 Å². The zero-order valence-corrected chi connectivity index (χ0v) is 14.1. The summed E-state index contributed by atoms with van der Waals surface area (Å²) in [4.78, 5) is 12.4. The molecule has 0 heterocycles. The van der Waals surface area contributed by atoms with Crippen LogP contribution in [-0.2, 0) is 9.53 Å². The molecule has 2 rings (SSSR count). The lowest BCUT2D eigenvalue weighted by molar-refractivity contribution is -0.147. The van der Waals surface area contributed by atoms with E-state index in [0.29, 0.717) is 0 Å². The molecule has 0 spiro atoms. The van der Waals surface area contributed by atoms with E-state index in [1.807, 2.05) is 24.3 Å². The molecule has 0 radical (unpaired) electrons. The van der Waals surface area contributed by atoms with Gasteiger partial charge in [0.1, 0.15) is 5.54 Å². The average molecular weight is 340 g/mol. The summed E-state index contributed by atoms with van der Waals surface area (Å²) < 4.78 is 6.06. The van der Waals surface area contributed by atoms with Gasteiger partial charge in [-0.05, 0) is 52.2 Å². The minimum absolute atomic E-state index is 0.127. The van der Waals surface area contributed by atoms with Crippen LogP contribution in [0.2, 0.25) is 0 Å². The molecular formula is C16H22BrNO2. The van der Waals surface area contributed by atoms with E-state index in [9.17, 15) is 4.79 Å². The first kappa shape index (κ1) is 15.4. The molecular weight excluding hydrogens is 318 g/mol. The number of anilines is 1. The van der Waals surface area contributed by atoms with E-state index in [4.69, 9.17) is 4.74 Å². The molecule has 0 saturated heterocycles. The van der Waals surface area contributed by atoms with Crippen molar-refractivity contribution in [3.63, 3.8) is 0 Å². The molecule has 110 valence electrons. The summed E-state index contributed by atoms with van der Waals surface area (Å²) in [6.07, 6.45) is 1.77. The molecule has 2 unspecified atom stereocenters. The van der Waals surface area contributed by atoms with Gasteiger partial charge in [0.25, 0.3) is 0 Å². The number of esters is 1. The molecule has 1 saturated carbocycles. The summed E-state index contributed by atoms with van der Waals surface area (Å²) in [6.45, 7) is 6.53. The van der Waals surface area contributed by atoms with Crippen molar-refractivity contribution in [1.29, 1.82) is 0 Å². The standard InChI is InChI=1S/C16H22BrNO2/c1-11-9-15(2,3)10-16(11,14(19)20-4)18-13-8-6-5-7-12(13)17/h5-8,11,18H,9-10H2,1-4H3. The van der Waals surface area contributed by atoms with Gasteiger partial charge in [-0.3, -0.25) is 0 Å². The zero-order valence-electron chi connectivity index (χ0n) is 12.5. The van der Waals surface area contributed by atoms with Crippen molar-refractivity contribution in [2.45, 2.75) is 39.2 Å². The van der Waals surface area contributed by atoms with Crippen molar-refractivity contribution >= 4 is 27.6 Å². The molecule has 3 nitrogen and oxygen atoms in total. The lowest BCUT2D eigenvalue weighted by atomic mass is 9.86. The van der Waals surface area contributed by atoms with Crippen molar-refractivity contribution in [2.24, 2.45) is 11.3 Å². The van der Waals surface area contributed by atoms with Crippen molar-refractivity contribution in [3.05, 3.63) is 28.7 Å². The number of para-hydroxylation sites is 1. The lowest BCUT2D eigenvalue weighted by Crippen LogP contribution is -2.50. The monoisotopic (exact) mass is 339 g/mol. The van der Waals surface area contributed by atoms with Crippen LogP contribution in [0.15, 0.2) is 28.7 Å². The SMILES string of the molecule is COC(=O)C1(Nc2ccccc2Br)CC(C)(C)CC1C. The molecule has 1 aromatic carbocycles. The first-order valence-corrected chi connectivity index (χ1v) is 7.71. The highest BCUT2D eigenvalue weighted by molar-refractivity contribution is 9.10. The Hall–Kier alpha value is -1.03. The van der Waals surface area contributed by atoms with Crippen LogP contribution in [0.1, 0.15) is 33.6 Å². The number of methoxy groups -OCH3 is 1. The predicted molar refractivity (Wildman–Crippen MR) is 84.7 cm³/mol. The van der Waals surface area contributed by atoms with E-state index in [1.54, 1.807) is 0 Å². The van der Waals surface area contributed by atoms with Crippen LogP contribution in [0, 0.1) is 11.3 Å². The Labute approximate surface area is 129 Å². The summed E-state index contributed by atoms with van der Waals surface area (Å²) >= 11 is 3.53. The second-order valence-corrected chi connectivity index (χ2v) is 7.37. The van der Waals surface area contributed by atoms with E-state index in [-0.39, 0.29) is 17.3 Å². The first-order chi connectivity index (χ1) is 9.31. The van der Waals surface area contributed by atoms with Crippen LogP contribution in [0.4, 0.5) is 5.69 Å². The van der Waals surface area contributed by atoms with Crippen LogP contribution >= 0.6 is 15.9 Å². The third-order valence-corrected chi connectivity index (χ3v) is 4.93. The van der Waals surface area contributed by atoms with Gasteiger partial charge < -0.3 is 10.1 Å². The molecule has 1 aliphatic rings. The van der Waals surface area contributed by atoms with Gasteiger partial charge >= 0.3 is 5.97 Å². The Balaban J connectivity index is 2.40. The number of benzene rings is 1. The molecule has 2 atom stereocenters. The van der Waals surface area contributed by atoms with Crippen LogP contribution in [0.5, 0.6) is 0 Å². The minimum atomic E-state index is -0.651. The van der Waals surface area contributed by atoms with Gasteiger partial charge in [0.15, 0.2) is 0 Å². The summed E-state index contributed by atoms with van der Waals surface area (Å²) in [5.74, 6) is 0.0448. The number of carbonyl (C=O) groups is 1. The topological polar surface area (TPSA) is 38.3 Å². The van der Waals surface area contributed by atoms with Gasteiger partial charge in [-0.15, -0.1) is 0 Å². The van der Waals surface area contributed by atoms with E-state index in [2.05, 4.69) is 42.0 Å². The lowest BCUT2D eigenvalue weighted by Gasteiger charge is -2.34. The number of carbonyl (C=O) groups excluding carboxylic acids is 1. The summed E-state index contributed by atoms with van der Waals surface area (Å²) in [7, 11) is 1.46. The van der Waals surface area contributed by atoms with Crippen LogP contribution in [0.3, 0.4) is 0 Å². The molecule has 0 aliphatic heterocycles. The molecule has 20 heavy (non-hydrogen) atoms. The second-order valence-electron chi connectivity index (χ2n) is 6.51. The summed E-state index contributed by atoms with van der Waals surface area (Å²) in [6, 6.07) is 7.87. The predicted octanol–water partition coefficient (Wildman–Crippen LogP) is 4.23. The highest BCUT2D eigenvalue weighted by Gasteiger charge is 2.54. The molecule has 1 aliphatic carbocycles. The number of hydrogen-bond acceptors (Lipinski definition) is 3. The normalized spacial score (nSPS) is 28.1. The second kappa shape index (κ2) is 5.40. The van der Waals surface area contributed by atoms with Crippen molar-refractivity contribution in [3.8, 4) is 0 Å². The highest BCUT2D eigenvalue weighted by Crippen LogP contribution is 2.50. The van der Waals surface area contributed by atoms with Gasteiger partial charge in [0.05, 0.1) is 7.11 Å². The molecule has 4 heteroatoms.